The van der Waals surface area contributed by atoms with Crippen molar-refractivity contribution in [3.05, 3.63) is 28.7 Å². The molecule has 1 atom stereocenters. The first-order chi connectivity index (χ1) is 9.17. The van der Waals surface area contributed by atoms with Gasteiger partial charge in [-0.15, -0.1) is 0 Å². The number of hydrogen-bond donors (Lipinski definition) is 2. The van der Waals surface area contributed by atoms with Gasteiger partial charge < -0.3 is 19.8 Å². The number of H-pyrrole nitrogens is 1. The van der Waals surface area contributed by atoms with Gasteiger partial charge in [0.25, 0.3) is 5.91 Å². The van der Waals surface area contributed by atoms with E-state index in [0.717, 1.165) is 0 Å². The molecule has 3 rings (SSSR count). The first-order valence-corrected chi connectivity index (χ1v) is 5.92. The highest BCUT2D eigenvalue weighted by Gasteiger charge is 2.26. The molecule has 2 aromatic rings. The molecule has 0 spiro atoms. The number of carbonyl (C=O) groups is 1. The zero-order valence-electron chi connectivity index (χ0n) is 10.1. The zero-order chi connectivity index (χ0) is 13.4. The Morgan fingerprint density at radius 1 is 1.42 bits per heavy atom. The second-order valence-electron chi connectivity index (χ2n) is 4.37. The Labute approximate surface area is 107 Å². The fraction of sp³-hybridized carbons (Fsp3) is 0.333. The molecule has 1 fully saturated rings. The Bertz CT molecular complexity index is 675. The lowest BCUT2D eigenvalue weighted by atomic mass is 10.2. The number of nitrogens with one attached hydrogen (secondary N) is 1. The molecule has 3 N–H and O–H groups in total. The van der Waals surface area contributed by atoms with E-state index in [1.165, 1.54) is 0 Å². The highest BCUT2D eigenvalue weighted by atomic mass is 16.5. The molecule has 7 nitrogen and oxygen atoms in total. The predicted octanol–water partition coefficient (Wildman–Crippen LogP) is -0.188. The van der Waals surface area contributed by atoms with Gasteiger partial charge in [-0.05, 0) is 18.2 Å². The van der Waals surface area contributed by atoms with Crippen molar-refractivity contribution in [1.29, 1.82) is 0 Å². The predicted molar refractivity (Wildman–Crippen MR) is 68.0 cm³/mol. The van der Waals surface area contributed by atoms with Gasteiger partial charge in [-0.1, -0.05) is 0 Å². The molecular weight excluding hydrogens is 250 g/mol. The number of rotatable bonds is 2. The van der Waals surface area contributed by atoms with Crippen molar-refractivity contribution in [3.63, 3.8) is 0 Å². The molecule has 19 heavy (non-hydrogen) atoms. The van der Waals surface area contributed by atoms with E-state index in [4.69, 9.17) is 14.9 Å². The summed E-state index contributed by atoms with van der Waals surface area (Å²) < 4.78 is 10.2. The maximum Gasteiger partial charge on any atom is 0.417 e. The summed E-state index contributed by atoms with van der Waals surface area (Å²) in [5.41, 5.74) is 7.27. The van der Waals surface area contributed by atoms with Crippen LogP contribution in [0.1, 0.15) is 0 Å². The summed E-state index contributed by atoms with van der Waals surface area (Å²) in [4.78, 5) is 27.1. The number of aromatic nitrogens is 1. The van der Waals surface area contributed by atoms with Crippen molar-refractivity contribution >= 4 is 22.7 Å². The monoisotopic (exact) mass is 263 g/mol. The standard InChI is InChI=1S/C12H13N3O4/c13-4-8-5-15(11(16)6-18-8)7-1-2-10-9(3-7)14-12(17)19-10/h1-3,8H,4-6,13H2,(H,14,17). The molecule has 1 aliphatic heterocycles. The summed E-state index contributed by atoms with van der Waals surface area (Å²) in [7, 11) is 0. The number of carbonyl (C=O) groups excluding carboxylic acids is 1. The number of nitrogens with zero attached hydrogens (tertiary/aromatic N) is 1. The van der Waals surface area contributed by atoms with Crippen LogP contribution >= 0.6 is 0 Å². The summed E-state index contributed by atoms with van der Waals surface area (Å²) in [6, 6.07) is 5.09. The number of nitrogens with two attached hydrogens (primary N) is 1. The van der Waals surface area contributed by atoms with Crippen LogP contribution < -0.4 is 16.4 Å². The van der Waals surface area contributed by atoms with E-state index in [0.29, 0.717) is 29.9 Å². The van der Waals surface area contributed by atoms with Crippen LogP contribution in [-0.4, -0.2) is 36.7 Å². The van der Waals surface area contributed by atoms with Crippen LogP contribution in [0, 0.1) is 0 Å². The second kappa shape index (κ2) is 4.52. The van der Waals surface area contributed by atoms with Crippen LogP contribution in [-0.2, 0) is 9.53 Å². The molecule has 1 amide bonds. The molecule has 0 saturated carbocycles. The fourth-order valence-electron chi connectivity index (χ4n) is 2.13. The highest BCUT2D eigenvalue weighted by molar-refractivity contribution is 5.96. The number of morpholine rings is 1. The van der Waals surface area contributed by atoms with Crippen LogP contribution in [0.4, 0.5) is 5.69 Å². The topological polar surface area (TPSA) is 102 Å². The van der Waals surface area contributed by atoms with Crippen molar-refractivity contribution in [1.82, 2.24) is 4.98 Å². The van der Waals surface area contributed by atoms with Gasteiger partial charge in [-0.25, -0.2) is 4.79 Å². The van der Waals surface area contributed by atoms with Gasteiger partial charge >= 0.3 is 5.76 Å². The van der Waals surface area contributed by atoms with Crippen molar-refractivity contribution in [2.24, 2.45) is 5.73 Å². The molecule has 0 radical (unpaired) electrons. The summed E-state index contributed by atoms with van der Waals surface area (Å²) in [6.07, 6.45) is -0.170. The van der Waals surface area contributed by atoms with Gasteiger partial charge in [0.2, 0.25) is 0 Å². The molecule has 1 unspecified atom stereocenters. The lowest BCUT2D eigenvalue weighted by Gasteiger charge is -2.32. The maximum atomic E-state index is 11.9. The third-order valence-corrected chi connectivity index (χ3v) is 3.11. The Hall–Kier alpha value is -2.12. The number of hydrogen-bond acceptors (Lipinski definition) is 5. The Morgan fingerprint density at radius 3 is 3.05 bits per heavy atom. The zero-order valence-corrected chi connectivity index (χ0v) is 10.1. The number of aromatic amines is 1. The number of anilines is 1. The summed E-state index contributed by atoms with van der Waals surface area (Å²) in [5, 5.41) is 0. The number of ether oxygens (including phenoxy) is 1. The molecule has 2 heterocycles. The van der Waals surface area contributed by atoms with Crippen LogP contribution in [0.15, 0.2) is 27.4 Å². The number of amides is 1. The van der Waals surface area contributed by atoms with Crippen molar-refractivity contribution in [2.75, 3.05) is 24.6 Å². The number of benzene rings is 1. The summed E-state index contributed by atoms with van der Waals surface area (Å²) in [5.74, 6) is -0.643. The normalized spacial score (nSPS) is 20.2. The first kappa shape index (κ1) is 11.9. The minimum Gasteiger partial charge on any atom is -0.408 e. The third kappa shape index (κ3) is 2.13. The molecule has 1 aliphatic rings. The van der Waals surface area contributed by atoms with Crippen molar-refractivity contribution in [3.8, 4) is 0 Å². The molecule has 1 aromatic carbocycles. The van der Waals surface area contributed by atoms with E-state index in [1.54, 1.807) is 23.1 Å². The smallest absolute Gasteiger partial charge is 0.408 e. The molecular formula is C12H13N3O4. The average Bonchev–Trinajstić information content (AvgIpc) is 2.78. The minimum atomic E-state index is -0.514. The number of fused-ring (bicyclic) bond motifs is 1. The lowest BCUT2D eigenvalue weighted by Crippen LogP contribution is -2.49. The fourth-order valence-corrected chi connectivity index (χ4v) is 2.13. The number of oxazole rings is 1. The van der Waals surface area contributed by atoms with E-state index in [-0.39, 0.29) is 18.6 Å². The molecule has 1 saturated heterocycles. The van der Waals surface area contributed by atoms with E-state index >= 15 is 0 Å². The van der Waals surface area contributed by atoms with Gasteiger partial charge in [0.1, 0.15) is 6.61 Å². The summed E-state index contributed by atoms with van der Waals surface area (Å²) >= 11 is 0. The second-order valence-corrected chi connectivity index (χ2v) is 4.37. The van der Waals surface area contributed by atoms with Gasteiger partial charge in [-0.3, -0.25) is 9.78 Å². The lowest BCUT2D eigenvalue weighted by molar-refractivity contribution is -0.128. The van der Waals surface area contributed by atoms with Gasteiger partial charge in [0.05, 0.1) is 18.2 Å². The van der Waals surface area contributed by atoms with Crippen LogP contribution in [0.5, 0.6) is 0 Å². The maximum absolute atomic E-state index is 11.9. The molecule has 1 aromatic heterocycles. The molecule has 100 valence electrons. The average molecular weight is 263 g/mol. The highest BCUT2D eigenvalue weighted by Crippen LogP contribution is 2.22. The largest absolute Gasteiger partial charge is 0.417 e. The van der Waals surface area contributed by atoms with Crippen LogP contribution in [0.25, 0.3) is 11.1 Å². The van der Waals surface area contributed by atoms with Crippen molar-refractivity contribution < 1.29 is 13.9 Å². The Kier molecular flexibility index (Phi) is 2.84. The van der Waals surface area contributed by atoms with Gasteiger partial charge in [0.15, 0.2) is 5.58 Å². The van der Waals surface area contributed by atoms with Gasteiger partial charge in [0, 0.05) is 12.2 Å². The minimum absolute atomic E-state index is 0.0157. The summed E-state index contributed by atoms with van der Waals surface area (Å²) in [6.45, 7) is 0.777. The Balaban J connectivity index is 1.97. The first-order valence-electron chi connectivity index (χ1n) is 5.92. The Morgan fingerprint density at radius 2 is 2.26 bits per heavy atom. The van der Waals surface area contributed by atoms with E-state index in [1.807, 2.05) is 0 Å². The van der Waals surface area contributed by atoms with Crippen LogP contribution in [0.3, 0.4) is 0 Å². The molecule has 7 heteroatoms. The third-order valence-electron chi connectivity index (χ3n) is 3.11. The van der Waals surface area contributed by atoms with E-state index in [9.17, 15) is 9.59 Å². The van der Waals surface area contributed by atoms with Crippen molar-refractivity contribution in [2.45, 2.75) is 6.10 Å². The SMILES string of the molecule is NCC1CN(c2ccc3oc(=O)[nH]c3c2)C(=O)CO1. The van der Waals surface area contributed by atoms with E-state index < -0.39 is 5.76 Å². The molecule has 0 bridgehead atoms. The van der Waals surface area contributed by atoms with E-state index in [2.05, 4.69) is 4.98 Å². The van der Waals surface area contributed by atoms with Crippen LogP contribution in [0.2, 0.25) is 0 Å². The quantitative estimate of drug-likeness (QED) is 0.782. The van der Waals surface area contributed by atoms with Gasteiger partial charge in [-0.2, -0.15) is 0 Å². The molecule has 0 aliphatic carbocycles.